The van der Waals surface area contributed by atoms with Crippen LogP contribution < -0.4 is 4.31 Å². The molecule has 2 aromatic rings. The molecule has 21 heavy (non-hydrogen) atoms. The molecule has 4 nitrogen and oxygen atoms in total. The molecule has 0 spiro atoms. The Bertz CT molecular complexity index is 718. The van der Waals surface area contributed by atoms with E-state index >= 15 is 0 Å². The van der Waals surface area contributed by atoms with Crippen LogP contribution in [-0.4, -0.2) is 24.3 Å². The summed E-state index contributed by atoms with van der Waals surface area (Å²) >= 11 is 13.3. The van der Waals surface area contributed by atoms with Gasteiger partial charge in [0, 0.05) is 24.0 Å². The van der Waals surface area contributed by atoms with Gasteiger partial charge in [-0.3, -0.25) is 0 Å². The van der Waals surface area contributed by atoms with E-state index in [1.807, 2.05) is 0 Å². The Balaban J connectivity index is 1.96. The number of nitrogens with zero attached hydrogens (tertiary/aromatic N) is 2. The first-order valence-electron chi connectivity index (χ1n) is 6.26. The number of hydrogen-bond acceptors (Lipinski definition) is 4. The Morgan fingerprint density at radius 2 is 2.00 bits per heavy atom. The van der Waals surface area contributed by atoms with E-state index in [0.717, 1.165) is 0 Å². The second-order valence-corrected chi connectivity index (χ2v) is 9.10. The summed E-state index contributed by atoms with van der Waals surface area (Å²) in [4.78, 5) is 4.35. The molecule has 0 aliphatic heterocycles. The maximum absolute atomic E-state index is 12.8. The van der Waals surface area contributed by atoms with Gasteiger partial charge in [0.15, 0.2) is 5.13 Å². The highest BCUT2D eigenvalue weighted by molar-refractivity contribution is 7.93. The molecule has 1 aromatic heterocycles. The van der Waals surface area contributed by atoms with Crippen LogP contribution in [0.3, 0.4) is 0 Å². The number of rotatable bonds is 5. The molecule has 1 aromatic carbocycles. The molecule has 8 heteroatoms. The minimum atomic E-state index is -3.67. The van der Waals surface area contributed by atoms with E-state index in [1.165, 1.54) is 15.6 Å². The van der Waals surface area contributed by atoms with Crippen molar-refractivity contribution in [3.8, 4) is 0 Å². The molecule has 3 rings (SSSR count). The number of hydrogen-bond donors (Lipinski definition) is 0. The van der Waals surface area contributed by atoms with Crippen LogP contribution in [0.15, 0.2) is 46.8 Å². The fourth-order valence-corrected chi connectivity index (χ4v) is 4.88. The van der Waals surface area contributed by atoms with Crippen LogP contribution in [0.25, 0.3) is 0 Å². The molecule has 0 bridgehead atoms. The van der Waals surface area contributed by atoms with Crippen LogP contribution in [0, 0.1) is 5.92 Å². The van der Waals surface area contributed by atoms with Gasteiger partial charge >= 0.3 is 0 Å². The van der Waals surface area contributed by atoms with Gasteiger partial charge in [-0.15, -0.1) is 34.5 Å². The van der Waals surface area contributed by atoms with Crippen LogP contribution in [-0.2, 0) is 10.0 Å². The molecule has 0 radical (unpaired) electrons. The van der Waals surface area contributed by atoms with Gasteiger partial charge in [0.05, 0.1) is 4.90 Å². The molecule has 1 atom stereocenters. The summed E-state index contributed by atoms with van der Waals surface area (Å²) in [5.74, 6) is -0.0804. The summed E-state index contributed by atoms with van der Waals surface area (Å²) in [5, 5.41) is 2.17. The van der Waals surface area contributed by atoms with Gasteiger partial charge in [0.25, 0.3) is 10.0 Å². The summed E-state index contributed by atoms with van der Waals surface area (Å²) in [7, 11) is -3.67. The summed E-state index contributed by atoms with van der Waals surface area (Å²) < 4.78 is 26.1. The Morgan fingerprint density at radius 1 is 1.33 bits per heavy atom. The van der Waals surface area contributed by atoms with Crippen LogP contribution in [0.2, 0.25) is 0 Å². The molecule has 1 heterocycles. The molecule has 1 fully saturated rings. The summed E-state index contributed by atoms with van der Waals surface area (Å²) in [6.45, 7) is 0.234. The van der Waals surface area contributed by atoms with Gasteiger partial charge in [-0.2, -0.15) is 0 Å². The molecule has 1 unspecified atom stereocenters. The maximum Gasteiger partial charge on any atom is 0.266 e. The third kappa shape index (κ3) is 3.04. The molecule has 0 saturated heterocycles. The monoisotopic (exact) mass is 362 g/mol. The van der Waals surface area contributed by atoms with Crippen molar-refractivity contribution >= 4 is 49.7 Å². The molecule has 112 valence electrons. The quantitative estimate of drug-likeness (QED) is 0.764. The Hall–Kier alpha value is -0.820. The van der Waals surface area contributed by atoms with E-state index < -0.39 is 14.4 Å². The lowest BCUT2D eigenvalue weighted by Gasteiger charge is -2.22. The van der Waals surface area contributed by atoms with Crippen molar-refractivity contribution in [2.45, 2.75) is 15.6 Å². The summed E-state index contributed by atoms with van der Waals surface area (Å²) in [6, 6.07) is 8.29. The molecule has 0 amide bonds. The van der Waals surface area contributed by atoms with Crippen LogP contribution in [0.5, 0.6) is 0 Å². The van der Waals surface area contributed by atoms with Crippen LogP contribution >= 0.6 is 34.5 Å². The van der Waals surface area contributed by atoms with E-state index in [9.17, 15) is 8.42 Å². The highest BCUT2D eigenvalue weighted by Crippen LogP contribution is 2.54. The van der Waals surface area contributed by atoms with Crippen LogP contribution in [0.4, 0.5) is 5.13 Å². The third-order valence-corrected chi connectivity index (χ3v) is 6.91. The Morgan fingerprint density at radius 3 is 2.52 bits per heavy atom. The predicted molar refractivity (Wildman–Crippen MR) is 85.6 cm³/mol. The minimum Gasteiger partial charge on any atom is -0.241 e. The van der Waals surface area contributed by atoms with Gasteiger partial charge < -0.3 is 0 Å². The zero-order valence-electron chi connectivity index (χ0n) is 10.8. The van der Waals surface area contributed by atoms with Gasteiger partial charge in [0.2, 0.25) is 0 Å². The normalized spacial score (nSPS) is 20.2. The van der Waals surface area contributed by atoms with Gasteiger partial charge in [0.1, 0.15) is 4.33 Å². The van der Waals surface area contributed by atoms with E-state index in [1.54, 1.807) is 41.9 Å². The van der Waals surface area contributed by atoms with Crippen LogP contribution in [0.1, 0.15) is 6.42 Å². The average molecular weight is 363 g/mol. The third-order valence-electron chi connectivity index (χ3n) is 3.31. The largest absolute Gasteiger partial charge is 0.266 e. The number of aromatic nitrogens is 1. The molecular formula is C13H12Cl2N2O2S2. The molecule has 1 aliphatic carbocycles. The van der Waals surface area contributed by atoms with Crippen molar-refractivity contribution in [1.29, 1.82) is 0 Å². The van der Waals surface area contributed by atoms with Crippen molar-refractivity contribution in [1.82, 2.24) is 4.98 Å². The molecule has 1 saturated carbocycles. The average Bonchev–Trinajstić information content (AvgIpc) is 2.87. The number of halogens is 2. The number of sulfonamides is 1. The zero-order chi connectivity index (χ0) is 15.1. The number of alkyl halides is 2. The fraction of sp³-hybridized carbons (Fsp3) is 0.308. The van der Waals surface area contributed by atoms with Crippen molar-refractivity contribution < 1.29 is 8.42 Å². The van der Waals surface area contributed by atoms with E-state index in [2.05, 4.69) is 4.98 Å². The Labute approximate surface area is 137 Å². The van der Waals surface area contributed by atoms with E-state index in [-0.39, 0.29) is 17.4 Å². The van der Waals surface area contributed by atoms with Crippen molar-refractivity contribution in [2.24, 2.45) is 5.92 Å². The maximum atomic E-state index is 12.8. The summed E-state index contributed by atoms with van der Waals surface area (Å²) in [5.41, 5.74) is 0. The second kappa shape index (κ2) is 5.43. The van der Waals surface area contributed by atoms with E-state index in [0.29, 0.717) is 11.6 Å². The smallest absolute Gasteiger partial charge is 0.241 e. The molecule has 1 aliphatic rings. The molecular weight excluding hydrogens is 351 g/mol. The van der Waals surface area contributed by atoms with Gasteiger partial charge in [-0.25, -0.2) is 17.7 Å². The lowest BCUT2D eigenvalue weighted by Crippen LogP contribution is -2.33. The SMILES string of the molecule is O=S(=O)(c1ccccc1)N(CC1CC1(Cl)Cl)c1nccs1. The number of benzene rings is 1. The zero-order valence-corrected chi connectivity index (χ0v) is 14.0. The first-order chi connectivity index (χ1) is 9.91. The minimum absolute atomic E-state index is 0.0804. The van der Waals surface area contributed by atoms with Gasteiger partial charge in [-0.1, -0.05) is 18.2 Å². The topological polar surface area (TPSA) is 50.3 Å². The van der Waals surface area contributed by atoms with Gasteiger partial charge in [-0.05, 0) is 18.6 Å². The van der Waals surface area contributed by atoms with Crippen molar-refractivity contribution in [3.05, 3.63) is 41.9 Å². The lowest BCUT2D eigenvalue weighted by atomic mass is 10.4. The Kier molecular flexibility index (Phi) is 3.90. The first kappa shape index (κ1) is 15.1. The highest BCUT2D eigenvalue weighted by Gasteiger charge is 2.53. The van der Waals surface area contributed by atoms with E-state index in [4.69, 9.17) is 23.2 Å². The number of anilines is 1. The predicted octanol–water partition coefficient (Wildman–Crippen LogP) is 3.53. The molecule has 0 N–H and O–H groups in total. The number of thiazole rings is 1. The fourth-order valence-electron chi connectivity index (χ4n) is 2.01. The van der Waals surface area contributed by atoms with Crippen molar-refractivity contribution in [2.75, 3.05) is 10.8 Å². The van der Waals surface area contributed by atoms with Crippen molar-refractivity contribution in [3.63, 3.8) is 0 Å². The standard InChI is InChI=1S/C13H12Cl2N2O2S2/c14-13(15)8-10(13)9-17(12-16-6-7-20-12)21(18,19)11-4-2-1-3-5-11/h1-7,10H,8-9H2. The lowest BCUT2D eigenvalue weighted by molar-refractivity contribution is 0.588. The first-order valence-corrected chi connectivity index (χ1v) is 9.34. The second-order valence-electron chi connectivity index (χ2n) is 4.83. The summed E-state index contributed by atoms with van der Waals surface area (Å²) in [6.07, 6.45) is 2.16. The highest BCUT2D eigenvalue weighted by atomic mass is 35.5.